The summed E-state index contributed by atoms with van der Waals surface area (Å²) in [4.78, 5) is 3.45. The molecule has 1 aliphatic carbocycles. The average Bonchev–Trinajstić information content (AvgIpc) is 2.78. The van der Waals surface area contributed by atoms with Crippen molar-refractivity contribution in [1.29, 1.82) is 0 Å². The van der Waals surface area contributed by atoms with Crippen molar-refractivity contribution < 1.29 is 0 Å². The van der Waals surface area contributed by atoms with Crippen LogP contribution in [0.2, 0.25) is 0 Å². The lowest BCUT2D eigenvalue weighted by Gasteiger charge is -2.04. The zero-order valence-electron chi connectivity index (χ0n) is 9.43. The van der Waals surface area contributed by atoms with Crippen LogP contribution in [0, 0.1) is 13.8 Å². The van der Waals surface area contributed by atoms with Gasteiger partial charge in [-0.3, -0.25) is 0 Å². The quantitative estimate of drug-likeness (QED) is 0.714. The third-order valence-corrected chi connectivity index (χ3v) is 3.02. The molecule has 1 heteroatoms. The minimum atomic E-state index is 0.918. The van der Waals surface area contributed by atoms with Gasteiger partial charge >= 0.3 is 0 Å². The van der Waals surface area contributed by atoms with Crippen molar-refractivity contribution in [2.75, 3.05) is 0 Å². The lowest BCUT2D eigenvalue weighted by Crippen LogP contribution is -1.89. The predicted octanol–water partition coefficient (Wildman–Crippen LogP) is 3.70. The number of nitrogens with one attached hydrogen (secondary N) is 1. The Hall–Kier alpha value is -1.50. The van der Waals surface area contributed by atoms with Crippen LogP contribution >= 0.6 is 0 Å². The molecule has 1 aliphatic rings. The number of hydrogen-bond donors (Lipinski definition) is 1. The minimum Gasteiger partial charge on any atom is -0.361 e. The first-order chi connectivity index (χ1) is 7.24. The monoisotopic (exact) mass is 199 g/mol. The predicted molar refractivity (Wildman–Crippen MR) is 65.9 cm³/mol. The van der Waals surface area contributed by atoms with E-state index in [0.717, 1.165) is 12.8 Å². The van der Waals surface area contributed by atoms with Crippen LogP contribution in [-0.2, 0) is 6.42 Å². The topological polar surface area (TPSA) is 15.8 Å². The van der Waals surface area contributed by atoms with Crippen LogP contribution in [0.25, 0.3) is 5.57 Å². The zero-order valence-corrected chi connectivity index (χ0v) is 9.43. The molecule has 1 N–H and O–H groups in total. The zero-order chi connectivity index (χ0) is 10.8. The van der Waals surface area contributed by atoms with Gasteiger partial charge in [-0.15, -0.1) is 6.58 Å². The van der Waals surface area contributed by atoms with Crippen molar-refractivity contribution >= 4 is 5.57 Å². The van der Waals surface area contributed by atoms with E-state index < -0.39 is 0 Å². The number of hydrogen-bond acceptors (Lipinski definition) is 0. The van der Waals surface area contributed by atoms with Crippen molar-refractivity contribution in [3.8, 4) is 0 Å². The molecule has 0 aromatic carbocycles. The highest BCUT2D eigenvalue weighted by Gasteiger charge is 2.14. The Labute approximate surface area is 91.2 Å². The van der Waals surface area contributed by atoms with Crippen molar-refractivity contribution in [3.63, 3.8) is 0 Å². The molecule has 0 aliphatic heterocycles. The fraction of sp³-hybridized carbons (Fsp3) is 0.286. The van der Waals surface area contributed by atoms with E-state index in [1.165, 1.54) is 28.1 Å². The SMILES string of the molecule is C=CCc1[nH]c(C)c(C)c1C1=CC=CC1. The van der Waals surface area contributed by atoms with Crippen molar-refractivity contribution in [3.05, 3.63) is 53.4 Å². The average molecular weight is 199 g/mol. The minimum absolute atomic E-state index is 0.918. The van der Waals surface area contributed by atoms with E-state index in [0.29, 0.717) is 0 Å². The van der Waals surface area contributed by atoms with Crippen molar-refractivity contribution in [2.24, 2.45) is 0 Å². The normalized spacial score (nSPS) is 14.4. The highest BCUT2D eigenvalue weighted by atomic mass is 14.7. The van der Waals surface area contributed by atoms with Crippen LogP contribution in [0.4, 0.5) is 0 Å². The number of aromatic nitrogens is 1. The maximum atomic E-state index is 3.81. The lowest BCUT2D eigenvalue weighted by atomic mass is 9.99. The van der Waals surface area contributed by atoms with Gasteiger partial charge in [0.05, 0.1) is 0 Å². The van der Waals surface area contributed by atoms with Crippen LogP contribution in [0.5, 0.6) is 0 Å². The Morgan fingerprint density at radius 2 is 2.27 bits per heavy atom. The van der Waals surface area contributed by atoms with Gasteiger partial charge in [0.2, 0.25) is 0 Å². The Morgan fingerprint density at radius 3 is 2.87 bits per heavy atom. The van der Waals surface area contributed by atoms with E-state index in [-0.39, 0.29) is 0 Å². The van der Waals surface area contributed by atoms with Gasteiger partial charge in [-0.25, -0.2) is 0 Å². The molecule has 0 atom stereocenters. The third-order valence-electron chi connectivity index (χ3n) is 3.02. The number of aryl methyl sites for hydroxylation is 1. The highest BCUT2D eigenvalue weighted by Crippen LogP contribution is 2.31. The number of aromatic amines is 1. The first-order valence-corrected chi connectivity index (χ1v) is 5.39. The van der Waals surface area contributed by atoms with E-state index in [2.05, 4.69) is 43.6 Å². The Bertz CT molecular complexity index is 444. The van der Waals surface area contributed by atoms with Gasteiger partial charge < -0.3 is 4.98 Å². The number of rotatable bonds is 3. The van der Waals surface area contributed by atoms with Crippen LogP contribution < -0.4 is 0 Å². The molecule has 0 saturated heterocycles. The molecule has 2 rings (SSSR count). The molecule has 1 nitrogen and oxygen atoms in total. The van der Waals surface area contributed by atoms with Crippen LogP contribution in [0.1, 0.15) is 28.9 Å². The Kier molecular flexibility index (Phi) is 2.63. The van der Waals surface area contributed by atoms with Gasteiger partial charge in [0, 0.05) is 23.4 Å². The van der Waals surface area contributed by atoms with Gasteiger partial charge in [0.25, 0.3) is 0 Å². The molecule has 78 valence electrons. The van der Waals surface area contributed by atoms with E-state index in [4.69, 9.17) is 0 Å². The van der Waals surface area contributed by atoms with Gasteiger partial charge in [0.15, 0.2) is 0 Å². The smallest absolute Gasteiger partial charge is 0.0266 e. The highest BCUT2D eigenvalue weighted by molar-refractivity contribution is 5.75. The van der Waals surface area contributed by atoms with Gasteiger partial charge in [-0.2, -0.15) is 0 Å². The molecule has 0 radical (unpaired) electrons. The summed E-state index contributed by atoms with van der Waals surface area (Å²) in [6, 6.07) is 0. The second kappa shape index (κ2) is 3.93. The Morgan fingerprint density at radius 1 is 1.47 bits per heavy atom. The molecular formula is C14H17N. The second-order valence-electron chi connectivity index (χ2n) is 4.05. The van der Waals surface area contributed by atoms with E-state index in [1.54, 1.807) is 0 Å². The molecule has 0 saturated carbocycles. The van der Waals surface area contributed by atoms with Crippen molar-refractivity contribution in [1.82, 2.24) is 4.98 Å². The summed E-state index contributed by atoms with van der Waals surface area (Å²) >= 11 is 0. The van der Waals surface area contributed by atoms with E-state index >= 15 is 0 Å². The van der Waals surface area contributed by atoms with E-state index in [9.17, 15) is 0 Å². The largest absolute Gasteiger partial charge is 0.361 e. The molecule has 0 amide bonds. The molecule has 0 bridgehead atoms. The van der Waals surface area contributed by atoms with Crippen LogP contribution in [-0.4, -0.2) is 4.98 Å². The molecule has 0 fully saturated rings. The maximum absolute atomic E-state index is 3.81. The lowest BCUT2D eigenvalue weighted by molar-refractivity contribution is 1.11. The first kappa shape index (κ1) is 10.0. The Balaban J connectivity index is 2.47. The third kappa shape index (κ3) is 1.70. The molecule has 1 aromatic heterocycles. The van der Waals surface area contributed by atoms with Gasteiger partial charge in [-0.1, -0.05) is 24.3 Å². The molecule has 15 heavy (non-hydrogen) atoms. The van der Waals surface area contributed by atoms with Crippen molar-refractivity contribution in [2.45, 2.75) is 26.7 Å². The summed E-state index contributed by atoms with van der Waals surface area (Å²) in [6.07, 6.45) is 10.5. The summed E-state index contributed by atoms with van der Waals surface area (Å²) in [5.74, 6) is 0. The fourth-order valence-electron chi connectivity index (χ4n) is 2.16. The summed E-state index contributed by atoms with van der Waals surface area (Å²) in [5.41, 5.74) is 6.78. The number of allylic oxidation sites excluding steroid dienone is 5. The van der Waals surface area contributed by atoms with Gasteiger partial charge in [-0.05, 0) is 31.4 Å². The summed E-state index contributed by atoms with van der Waals surface area (Å²) < 4.78 is 0. The molecular weight excluding hydrogens is 182 g/mol. The molecule has 1 aromatic rings. The van der Waals surface area contributed by atoms with Crippen LogP contribution in [0.15, 0.2) is 30.9 Å². The summed E-state index contributed by atoms with van der Waals surface area (Å²) in [6.45, 7) is 8.13. The number of H-pyrrole nitrogens is 1. The molecule has 0 unspecified atom stereocenters. The fourth-order valence-corrected chi connectivity index (χ4v) is 2.16. The van der Waals surface area contributed by atoms with Crippen LogP contribution in [0.3, 0.4) is 0 Å². The molecule has 1 heterocycles. The standard InChI is InChI=1S/C14H17N/c1-4-7-13-14(10(2)11(3)15-13)12-8-5-6-9-12/h4-6,8,15H,1,7,9H2,2-3H3. The summed E-state index contributed by atoms with van der Waals surface area (Å²) in [7, 11) is 0. The first-order valence-electron chi connectivity index (χ1n) is 5.39. The maximum Gasteiger partial charge on any atom is 0.0266 e. The van der Waals surface area contributed by atoms with Gasteiger partial charge in [0.1, 0.15) is 0 Å². The van der Waals surface area contributed by atoms with E-state index in [1.807, 2.05) is 6.08 Å². The summed E-state index contributed by atoms with van der Waals surface area (Å²) in [5, 5.41) is 0. The molecule has 0 spiro atoms. The second-order valence-corrected chi connectivity index (χ2v) is 4.05.